The van der Waals surface area contributed by atoms with Crippen LogP contribution in [0.1, 0.15) is 64.3 Å². The first-order valence-electron chi connectivity index (χ1n) is 14.0. The van der Waals surface area contributed by atoms with Gasteiger partial charge in [0.25, 0.3) is 0 Å². The number of esters is 1. The number of ether oxygens (including phenoxy) is 3. The molecule has 8 nitrogen and oxygen atoms in total. The molecule has 0 aliphatic carbocycles. The number of carbonyl (C=O) groups is 3. The van der Waals surface area contributed by atoms with Gasteiger partial charge in [0.2, 0.25) is 0 Å². The van der Waals surface area contributed by atoms with Crippen molar-refractivity contribution in [3.05, 3.63) is 108 Å². The van der Waals surface area contributed by atoms with Crippen molar-refractivity contribution in [1.82, 2.24) is 9.80 Å². The molecule has 0 fully saturated rings. The molecule has 0 saturated carbocycles. The Balaban J connectivity index is 2.27. The van der Waals surface area contributed by atoms with Crippen LogP contribution in [-0.4, -0.2) is 52.3 Å². The van der Waals surface area contributed by atoms with Crippen LogP contribution in [0, 0.1) is 0 Å². The van der Waals surface area contributed by atoms with Gasteiger partial charge in [-0.3, -0.25) is 4.90 Å². The minimum absolute atomic E-state index is 0.402. The van der Waals surface area contributed by atoms with E-state index in [9.17, 15) is 14.4 Å². The maximum Gasteiger partial charge on any atom is 0.420 e. The van der Waals surface area contributed by atoms with E-state index in [0.717, 1.165) is 16.0 Å². The summed E-state index contributed by atoms with van der Waals surface area (Å²) in [6, 6.07) is 26.6. The lowest BCUT2D eigenvalue weighted by molar-refractivity contribution is -0.150. The molecule has 0 aliphatic rings. The molecule has 224 valence electrons. The zero-order valence-electron chi connectivity index (χ0n) is 25.6. The van der Waals surface area contributed by atoms with Crippen molar-refractivity contribution in [2.45, 2.75) is 77.9 Å². The zero-order valence-corrected chi connectivity index (χ0v) is 25.6. The predicted molar refractivity (Wildman–Crippen MR) is 161 cm³/mol. The molecule has 0 saturated heterocycles. The second kappa shape index (κ2) is 14.1. The summed E-state index contributed by atoms with van der Waals surface area (Å²) in [6.07, 6.45) is -2.01. The number of imide groups is 1. The Bertz CT molecular complexity index is 1230. The average molecular weight is 575 g/mol. The lowest BCUT2D eigenvalue weighted by Crippen LogP contribution is -2.57. The number of carbonyl (C=O) groups excluding carboxylic acids is 3. The Hall–Kier alpha value is -4.17. The number of rotatable bonds is 9. The Morgan fingerprint density at radius 2 is 1.02 bits per heavy atom. The van der Waals surface area contributed by atoms with Gasteiger partial charge in [-0.15, -0.1) is 0 Å². The Morgan fingerprint density at radius 1 is 0.643 bits per heavy atom. The zero-order chi connectivity index (χ0) is 30.9. The summed E-state index contributed by atoms with van der Waals surface area (Å²) >= 11 is 0. The van der Waals surface area contributed by atoms with E-state index in [1.165, 1.54) is 7.11 Å². The van der Waals surface area contributed by atoms with Gasteiger partial charge in [-0.05, 0) is 58.2 Å². The molecule has 3 rings (SSSR count). The lowest BCUT2D eigenvalue weighted by Gasteiger charge is -2.40. The summed E-state index contributed by atoms with van der Waals surface area (Å²) < 4.78 is 16.6. The van der Waals surface area contributed by atoms with Crippen molar-refractivity contribution in [3.8, 4) is 0 Å². The van der Waals surface area contributed by atoms with E-state index < -0.39 is 41.4 Å². The molecule has 8 heteroatoms. The van der Waals surface area contributed by atoms with Gasteiger partial charge in [-0.2, -0.15) is 4.90 Å². The summed E-state index contributed by atoms with van der Waals surface area (Å²) in [7, 11) is 1.23. The van der Waals surface area contributed by atoms with Crippen LogP contribution >= 0.6 is 0 Å². The molecule has 0 N–H and O–H groups in total. The first-order valence-corrected chi connectivity index (χ1v) is 14.0. The molecule has 2 amide bonds. The molecule has 0 aromatic heterocycles. The normalized spacial score (nSPS) is 13.1. The predicted octanol–water partition coefficient (Wildman–Crippen LogP) is 7.14. The van der Waals surface area contributed by atoms with Gasteiger partial charge in [0.05, 0.1) is 13.2 Å². The maximum absolute atomic E-state index is 13.8. The Kier molecular flexibility index (Phi) is 10.9. The fourth-order valence-corrected chi connectivity index (χ4v) is 4.55. The van der Waals surface area contributed by atoms with E-state index in [1.54, 1.807) is 41.5 Å². The van der Waals surface area contributed by atoms with Crippen molar-refractivity contribution in [1.29, 1.82) is 0 Å². The SMILES string of the molecule is COC(=O)[C@H]([C@H](c1ccccc1)N(Cc1ccccc1)Cc1ccccc1)N(C(=O)OC(C)(C)C)C(=O)OC(C)(C)C. The first kappa shape index (κ1) is 32.3. The summed E-state index contributed by atoms with van der Waals surface area (Å²) in [5, 5.41) is 0. The van der Waals surface area contributed by atoms with E-state index in [4.69, 9.17) is 14.2 Å². The number of hydrogen-bond donors (Lipinski definition) is 0. The molecule has 3 aromatic carbocycles. The van der Waals surface area contributed by atoms with Crippen LogP contribution in [0.25, 0.3) is 0 Å². The standard InChI is InChI=1S/C34H42N2O6/c1-33(2,3)41-31(38)36(32(39)42-34(4,5)6)29(30(37)40-7)28(27-21-15-10-16-22-27)35(23-25-17-11-8-12-18-25)24-26-19-13-9-14-20-26/h8-22,28-29H,23-24H2,1-7H3/t28-,29-/m0/s1. The van der Waals surface area contributed by atoms with Crippen molar-refractivity contribution < 1.29 is 28.6 Å². The molecule has 0 heterocycles. The highest BCUT2D eigenvalue weighted by atomic mass is 16.6. The molecular weight excluding hydrogens is 532 g/mol. The summed E-state index contributed by atoms with van der Waals surface area (Å²) in [6.45, 7) is 11.0. The smallest absolute Gasteiger partial charge is 0.420 e. The number of hydrogen-bond acceptors (Lipinski definition) is 7. The summed E-state index contributed by atoms with van der Waals surface area (Å²) in [5.74, 6) is -0.785. The minimum atomic E-state index is -1.45. The third-order valence-corrected chi connectivity index (χ3v) is 6.19. The van der Waals surface area contributed by atoms with E-state index in [0.29, 0.717) is 18.7 Å². The van der Waals surface area contributed by atoms with E-state index >= 15 is 0 Å². The highest BCUT2D eigenvalue weighted by molar-refractivity contribution is 5.94. The summed E-state index contributed by atoms with van der Waals surface area (Å²) in [4.78, 5) is 44.2. The second-order valence-electron chi connectivity index (χ2n) is 12.0. The third-order valence-electron chi connectivity index (χ3n) is 6.19. The van der Waals surface area contributed by atoms with Crippen molar-refractivity contribution in [2.24, 2.45) is 0 Å². The van der Waals surface area contributed by atoms with Crippen LogP contribution in [0.2, 0.25) is 0 Å². The van der Waals surface area contributed by atoms with Gasteiger partial charge < -0.3 is 14.2 Å². The molecule has 0 unspecified atom stereocenters. The van der Waals surface area contributed by atoms with Gasteiger partial charge in [-0.1, -0.05) is 91.0 Å². The molecular formula is C34H42N2O6. The first-order chi connectivity index (χ1) is 19.8. The quantitative estimate of drug-likeness (QED) is 0.198. The highest BCUT2D eigenvalue weighted by Gasteiger charge is 2.47. The fourth-order valence-electron chi connectivity index (χ4n) is 4.55. The molecule has 0 radical (unpaired) electrons. The van der Waals surface area contributed by atoms with Crippen LogP contribution in [0.5, 0.6) is 0 Å². The molecule has 42 heavy (non-hydrogen) atoms. The Morgan fingerprint density at radius 3 is 1.38 bits per heavy atom. The molecule has 0 aliphatic heterocycles. The number of benzene rings is 3. The molecule has 2 atom stereocenters. The fraction of sp³-hybridized carbons (Fsp3) is 0.382. The second-order valence-corrected chi connectivity index (χ2v) is 12.0. The minimum Gasteiger partial charge on any atom is -0.467 e. The Labute approximate surface area is 249 Å². The van der Waals surface area contributed by atoms with Crippen LogP contribution in [-0.2, 0) is 32.1 Å². The maximum atomic E-state index is 13.8. The summed E-state index contributed by atoms with van der Waals surface area (Å²) in [5.41, 5.74) is 0.775. The van der Waals surface area contributed by atoms with Crippen LogP contribution in [0.4, 0.5) is 9.59 Å². The monoisotopic (exact) mass is 574 g/mol. The van der Waals surface area contributed by atoms with Crippen LogP contribution < -0.4 is 0 Å². The number of amides is 2. The molecule has 3 aromatic rings. The van der Waals surface area contributed by atoms with Crippen molar-refractivity contribution in [2.75, 3.05) is 7.11 Å². The van der Waals surface area contributed by atoms with E-state index in [1.807, 2.05) is 91.0 Å². The van der Waals surface area contributed by atoms with Gasteiger partial charge >= 0.3 is 18.2 Å². The lowest BCUT2D eigenvalue weighted by atomic mass is 9.94. The van der Waals surface area contributed by atoms with Crippen molar-refractivity contribution in [3.63, 3.8) is 0 Å². The van der Waals surface area contributed by atoms with Crippen molar-refractivity contribution >= 4 is 18.2 Å². The third kappa shape index (κ3) is 9.45. The van der Waals surface area contributed by atoms with Gasteiger partial charge in [0, 0.05) is 13.1 Å². The van der Waals surface area contributed by atoms with Gasteiger partial charge in [0.15, 0.2) is 6.04 Å². The number of methoxy groups -OCH3 is 1. The largest absolute Gasteiger partial charge is 0.467 e. The number of nitrogens with zero attached hydrogens (tertiary/aromatic N) is 2. The van der Waals surface area contributed by atoms with Gasteiger partial charge in [-0.25, -0.2) is 14.4 Å². The van der Waals surface area contributed by atoms with Crippen LogP contribution in [0.15, 0.2) is 91.0 Å². The van der Waals surface area contributed by atoms with Crippen LogP contribution in [0.3, 0.4) is 0 Å². The van der Waals surface area contributed by atoms with E-state index in [2.05, 4.69) is 4.90 Å². The highest BCUT2D eigenvalue weighted by Crippen LogP contribution is 2.33. The average Bonchev–Trinajstić information content (AvgIpc) is 2.92. The molecule has 0 bridgehead atoms. The molecule has 0 spiro atoms. The topological polar surface area (TPSA) is 85.4 Å². The van der Waals surface area contributed by atoms with E-state index in [-0.39, 0.29) is 0 Å². The van der Waals surface area contributed by atoms with Gasteiger partial charge in [0.1, 0.15) is 11.2 Å².